The Bertz CT molecular complexity index is 306. The van der Waals surface area contributed by atoms with Gasteiger partial charge in [0.15, 0.2) is 0 Å². The molecule has 0 fully saturated rings. The molecule has 1 aromatic rings. The fourth-order valence-corrected chi connectivity index (χ4v) is 1.01. The van der Waals surface area contributed by atoms with Crippen molar-refractivity contribution in [1.82, 2.24) is 0 Å². The Labute approximate surface area is 92.6 Å². The topological polar surface area (TPSA) is 40.1 Å². The summed E-state index contributed by atoms with van der Waals surface area (Å²) in [7, 11) is 0. The molecular formula is C6H3F2NaO2S. The van der Waals surface area contributed by atoms with Gasteiger partial charge in [0, 0.05) is 6.07 Å². The molecule has 2 nitrogen and oxygen atoms in total. The van der Waals surface area contributed by atoms with Crippen LogP contribution in [0.15, 0.2) is 23.1 Å². The van der Waals surface area contributed by atoms with E-state index in [0.29, 0.717) is 6.07 Å². The molecule has 0 radical (unpaired) electrons. The van der Waals surface area contributed by atoms with Crippen LogP contribution in [0.2, 0.25) is 0 Å². The predicted octanol–water partition coefficient (Wildman–Crippen LogP) is -1.79. The van der Waals surface area contributed by atoms with Crippen molar-refractivity contribution in [2.75, 3.05) is 0 Å². The summed E-state index contributed by atoms with van der Waals surface area (Å²) in [6, 6.07) is 2.27. The first-order valence-electron chi connectivity index (χ1n) is 2.65. The summed E-state index contributed by atoms with van der Waals surface area (Å²) >= 11 is -2.64. The summed E-state index contributed by atoms with van der Waals surface area (Å²) in [5, 5.41) is 0. The molecular weight excluding hydrogens is 197 g/mol. The standard InChI is InChI=1S/C6H4F2O2S.Na/c7-4-1-2-6(11(9)10)5(8)3-4;/h1-3H,(H,9,10);/q;+1/p-1. The molecule has 60 valence electrons. The van der Waals surface area contributed by atoms with Crippen molar-refractivity contribution in [1.29, 1.82) is 0 Å². The van der Waals surface area contributed by atoms with Gasteiger partial charge in [-0.25, -0.2) is 8.78 Å². The van der Waals surface area contributed by atoms with Crippen LogP contribution in [-0.2, 0) is 11.1 Å². The fourth-order valence-electron chi connectivity index (χ4n) is 0.610. The zero-order chi connectivity index (χ0) is 8.43. The molecule has 6 heteroatoms. The van der Waals surface area contributed by atoms with E-state index in [0.717, 1.165) is 12.1 Å². The van der Waals surface area contributed by atoms with Gasteiger partial charge in [0.05, 0.1) is 4.90 Å². The van der Waals surface area contributed by atoms with E-state index in [1.807, 2.05) is 0 Å². The Balaban J connectivity index is 0.00000121. The van der Waals surface area contributed by atoms with Gasteiger partial charge in [-0.2, -0.15) is 0 Å². The number of rotatable bonds is 1. The van der Waals surface area contributed by atoms with Gasteiger partial charge in [0.1, 0.15) is 11.6 Å². The summed E-state index contributed by atoms with van der Waals surface area (Å²) in [6.07, 6.45) is 0. The molecule has 1 aromatic carbocycles. The van der Waals surface area contributed by atoms with Gasteiger partial charge in [-0.15, -0.1) is 0 Å². The Morgan fingerprint density at radius 2 is 1.92 bits per heavy atom. The van der Waals surface area contributed by atoms with E-state index in [9.17, 15) is 17.5 Å². The minimum Gasteiger partial charge on any atom is -0.768 e. The maximum absolute atomic E-state index is 12.5. The monoisotopic (exact) mass is 200 g/mol. The van der Waals surface area contributed by atoms with Crippen LogP contribution >= 0.6 is 0 Å². The predicted molar refractivity (Wildman–Crippen MR) is 33.5 cm³/mol. The van der Waals surface area contributed by atoms with Crippen molar-refractivity contribution in [2.24, 2.45) is 0 Å². The molecule has 0 bridgehead atoms. The molecule has 0 heterocycles. The summed E-state index contributed by atoms with van der Waals surface area (Å²) in [5.41, 5.74) is 0. The third kappa shape index (κ3) is 2.91. The van der Waals surface area contributed by atoms with Gasteiger partial charge in [-0.3, -0.25) is 4.21 Å². The van der Waals surface area contributed by atoms with E-state index in [1.54, 1.807) is 0 Å². The SMILES string of the molecule is O=S([O-])c1ccc(F)cc1F.[Na+]. The first-order chi connectivity index (χ1) is 5.11. The molecule has 0 aliphatic carbocycles. The molecule has 1 rings (SSSR count). The van der Waals surface area contributed by atoms with Crippen LogP contribution < -0.4 is 29.6 Å². The molecule has 1 atom stereocenters. The van der Waals surface area contributed by atoms with Crippen molar-refractivity contribution >= 4 is 11.1 Å². The van der Waals surface area contributed by atoms with Gasteiger partial charge >= 0.3 is 29.6 Å². The molecule has 0 spiro atoms. The Kier molecular flexibility index (Phi) is 5.12. The van der Waals surface area contributed by atoms with Crippen LogP contribution in [-0.4, -0.2) is 8.76 Å². The normalized spacial score (nSPS) is 11.9. The van der Waals surface area contributed by atoms with Gasteiger partial charge in [0.2, 0.25) is 0 Å². The van der Waals surface area contributed by atoms with Crippen molar-refractivity contribution in [3.05, 3.63) is 29.8 Å². The van der Waals surface area contributed by atoms with E-state index in [1.165, 1.54) is 0 Å². The van der Waals surface area contributed by atoms with Gasteiger partial charge < -0.3 is 4.55 Å². The summed E-state index contributed by atoms with van der Waals surface area (Å²) in [6.45, 7) is 0. The molecule has 0 aromatic heterocycles. The Hall–Kier alpha value is 0.190. The third-order valence-electron chi connectivity index (χ3n) is 1.07. The largest absolute Gasteiger partial charge is 1.00 e. The molecule has 0 N–H and O–H groups in total. The summed E-state index contributed by atoms with van der Waals surface area (Å²) in [5.74, 6) is -1.87. The van der Waals surface area contributed by atoms with E-state index in [2.05, 4.69) is 0 Å². The minimum absolute atomic E-state index is 0. The quantitative estimate of drug-likeness (QED) is 0.396. The molecule has 0 saturated heterocycles. The smallest absolute Gasteiger partial charge is 0.768 e. The van der Waals surface area contributed by atoms with Crippen molar-refractivity contribution in [3.63, 3.8) is 0 Å². The zero-order valence-electron chi connectivity index (χ0n) is 6.21. The molecule has 0 aliphatic heterocycles. The number of benzene rings is 1. The van der Waals surface area contributed by atoms with Gasteiger partial charge in [0.25, 0.3) is 0 Å². The van der Waals surface area contributed by atoms with E-state index in [-0.39, 0.29) is 29.6 Å². The third-order valence-corrected chi connectivity index (χ3v) is 1.76. The van der Waals surface area contributed by atoms with Crippen LogP contribution in [0.5, 0.6) is 0 Å². The minimum atomic E-state index is -2.64. The van der Waals surface area contributed by atoms with Crippen LogP contribution in [0.25, 0.3) is 0 Å². The van der Waals surface area contributed by atoms with Crippen LogP contribution in [0.1, 0.15) is 0 Å². The number of hydrogen-bond acceptors (Lipinski definition) is 2. The first-order valence-corrected chi connectivity index (χ1v) is 3.73. The average Bonchev–Trinajstić information content (AvgIpc) is 1.85. The molecule has 12 heavy (non-hydrogen) atoms. The fraction of sp³-hybridized carbons (Fsp3) is 0. The average molecular weight is 200 g/mol. The molecule has 0 amide bonds. The second-order valence-electron chi connectivity index (χ2n) is 1.81. The van der Waals surface area contributed by atoms with Crippen molar-refractivity contribution in [3.8, 4) is 0 Å². The van der Waals surface area contributed by atoms with E-state index in [4.69, 9.17) is 0 Å². The maximum atomic E-state index is 12.5. The van der Waals surface area contributed by atoms with E-state index < -0.39 is 27.6 Å². The van der Waals surface area contributed by atoms with Crippen molar-refractivity contribution in [2.45, 2.75) is 4.90 Å². The summed E-state index contributed by atoms with van der Waals surface area (Å²) in [4.78, 5) is -0.522. The van der Waals surface area contributed by atoms with Crippen LogP contribution in [0.3, 0.4) is 0 Å². The molecule has 0 aliphatic rings. The summed E-state index contributed by atoms with van der Waals surface area (Å²) < 4.78 is 45.0. The second-order valence-corrected chi connectivity index (χ2v) is 2.72. The Morgan fingerprint density at radius 1 is 1.33 bits per heavy atom. The van der Waals surface area contributed by atoms with Gasteiger partial charge in [-0.1, -0.05) is 0 Å². The number of halogens is 2. The molecule has 0 saturated carbocycles. The molecule has 1 unspecified atom stereocenters. The van der Waals surface area contributed by atoms with Crippen LogP contribution in [0, 0.1) is 11.6 Å². The van der Waals surface area contributed by atoms with E-state index >= 15 is 0 Å². The van der Waals surface area contributed by atoms with Crippen LogP contribution in [0.4, 0.5) is 8.78 Å². The number of hydrogen-bond donors (Lipinski definition) is 0. The zero-order valence-corrected chi connectivity index (χ0v) is 9.03. The first kappa shape index (κ1) is 12.2. The van der Waals surface area contributed by atoms with Crippen molar-refractivity contribution < 1.29 is 47.1 Å². The van der Waals surface area contributed by atoms with Gasteiger partial charge in [-0.05, 0) is 23.2 Å². The second kappa shape index (κ2) is 5.04. The maximum Gasteiger partial charge on any atom is 1.00 e. The Morgan fingerprint density at radius 3 is 2.33 bits per heavy atom.